The van der Waals surface area contributed by atoms with Gasteiger partial charge >= 0.3 is 11.6 Å². The van der Waals surface area contributed by atoms with Gasteiger partial charge in [0, 0.05) is 54.3 Å². The van der Waals surface area contributed by atoms with Gasteiger partial charge in [0.1, 0.15) is 16.2 Å². The zero-order chi connectivity index (χ0) is 28.2. The predicted molar refractivity (Wildman–Crippen MR) is 159 cm³/mol. The van der Waals surface area contributed by atoms with E-state index in [2.05, 4.69) is 24.1 Å². The molecule has 0 radical (unpaired) electrons. The Morgan fingerprint density at radius 1 is 1.00 bits per heavy atom. The van der Waals surface area contributed by atoms with E-state index >= 15 is 0 Å². The van der Waals surface area contributed by atoms with Crippen LogP contribution in [-0.2, 0) is 4.79 Å². The standard InChI is InChI=1S/C31H29N3O5S/c1-3-34(4-2)19-15-16-22-24(18-19)39-31(38)28(30-33-23-12-7-8-13-25(23)40-30)27(22)20-10-5-6-11-21(20)29(37)32-17-9-14-26(35)36/h5-8,10-13,15-16,18H,3-4,9,14,17H2,1-2H3,(H,32,37)(H,35,36). The van der Waals surface area contributed by atoms with Gasteiger partial charge in [-0.1, -0.05) is 30.3 Å². The van der Waals surface area contributed by atoms with Crippen LogP contribution in [0.2, 0.25) is 0 Å². The maximum Gasteiger partial charge on any atom is 0.347 e. The number of nitrogens with one attached hydrogen (secondary N) is 1. The zero-order valence-corrected chi connectivity index (χ0v) is 23.1. The molecule has 0 saturated carbocycles. The van der Waals surface area contributed by atoms with E-state index in [-0.39, 0.29) is 18.9 Å². The summed E-state index contributed by atoms with van der Waals surface area (Å²) in [6.45, 7) is 5.95. The van der Waals surface area contributed by atoms with Crippen molar-refractivity contribution in [1.82, 2.24) is 10.3 Å². The summed E-state index contributed by atoms with van der Waals surface area (Å²) in [5.74, 6) is -1.26. The summed E-state index contributed by atoms with van der Waals surface area (Å²) in [7, 11) is 0. The Hall–Kier alpha value is -4.50. The smallest absolute Gasteiger partial charge is 0.347 e. The van der Waals surface area contributed by atoms with Crippen molar-refractivity contribution in [1.29, 1.82) is 0 Å². The number of aromatic nitrogens is 1. The zero-order valence-electron chi connectivity index (χ0n) is 22.3. The first-order valence-corrected chi connectivity index (χ1v) is 14.0. The number of amides is 1. The van der Waals surface area contributed by atoms with Crippen molar-refractivity contribution in [3.63, 3.8) is 0 Å². The Morgan fingerprint density at radius 2 is 1.75 bits per heavy atom. The molecule has 0 aliphatic heterocycles. The summed E-state index contributed by atoms with van der Waals surface area (Å²) in [5.41, 5.74) is 3.42. The van der Waals surface area contributed by atoms with E-state index in [9.17, 15) is 14.4 Å². The van der Waals surface area contributed by atoms with Crippen LogP contribution in [0.3, 0.4) is 0 Å². The number of thiazole rings is 1. The minimum absolute atomic E-state index is 0.0388. The molecule has 40 heavy (non-hydrogen) atoms. The summed E-state index contributed by atoms with van der Waals surface area (Å²) in [6.07, 6.45) is 0.273. The number of carbonyl (C=O) groups is 2. The van der Waals surface area contributed by atoms with Gasteiger partial charge in [-0.15, -0.1) is 11.3 Å². The van der Waals surface area contributed by atoms with Gasteiger partial charge in [-0.2, -0.15) is 0 Å². The summed E-state index contributed by atoms with van der Waals surface area (Å²) < 4.78 is 6.85. The molecule has 5 aromatic rings. The normalized spacial score (nSPS) is 11.2. The Labute approximate surface area is 234 Å². The molecule has 0 atom stereocenters. The number of carboxylic acid groups (broad SMARTS) is 1. The molecule has 9 heteroatoms. The third-order valence-electron chi connectivity index (χ3n) is 6.82. The van der Waals surface area contributed by atoms with Gasteiger partial charge in [0.25, 0.3) is 5.91 Å². The number of fused-ring (bicyclic) bond motifs is 2. The van der Waals surface area contributed by atoms with Crippen molar-refractivity contribution in [3.05, 3.63) is 82.7 Å². The van der Waals surface area contributed by atoms with Gasteiger partial charge < -0.3 is 19.7 Å². The Kier molecular flexibility index (Phi) is 7.93. The number of hydrogen-bond donors (Lipinski definition) is 2. The summed E-state index contributed by atoms with van der Waals surface area (Å²) in [5, 5.41) is 13.0. The third-order valence-corrected chi connectivity index (χ3v) is 7.88. The van der Waals surface area contributed by atoms with Crippen LogP contribution in [-0.4, -0.2) is 41.6 Å². The van der Waals surface area contributed by atoms with Crippen LogP contribution in [0.25, 0.3) is 42.9 Å². The monoisotopic (exact) mass is 555 g/mol. The molecule has 2 aromatic heterocycles. The number of aliphatic carboxylic acids is 1. The maximum atomic E-state index is 13.7. The van der Waals surface area contributed by atoms with Crippen molar-refractivity contribution < 1.29 is 19.1 Å². The van der Waals surface area contributed by atoms with Gasteiger partial charge in [0.15, 0.2) is 0 Å². The van der Waals surface area contributed by atoms with Crippen LogP contribution >= 0.6 is 11.3 Å². The highest BCUT2D eigenvalue weighted by atomic mass is 32.1. The topological polar surface area (TPSA) is 113 Å². The molecule has 0 unspecified atom stereocenters. The average molecular weight is 556 g/mol. The molecule has 204 valence electrons. The lowest BCUT2D eigenvalue weighted by Crippen LogP contribution is -2.25. The minimum atomic E-state index is -0.915. The number of benzene rings is 3. The second kappa shape index (κ2) is 11.7. The van der Waals surface area contributed by atoms with E-state index in [4.69, 9.17) is 14.5 Å². The molecular formula is C31H29N3O5S. The number of nitrogens with zero attached hydrogens (tertiary/aromatic N) is 2. The van der Waals surface area contributed by atoms with Crippen LogP contribution in [0.4, 0.5) is 5.69 Å². The highest BCUT2D eigenvalue weighted by Crippen LogP contribution is 2.41. The van der Waals surface area contributed by atoms with Crippen LogP contribution in [0.1, 0.15) is 37.0 Å². The number of carboxylic acids is 1. The number of rotatable bonds is 10. The first-order chi connectivity index (χ1) is 19.4. The molecule has 0 spiro atoms. The van der Waals surface area contributed by atoms with Crippen molar-refractivity contribution in [2.24, 2.45) is 0 Å². The van der Waals surface area contributed by atoms with Gasteiger partial charge in [-0.25, -0.2) is 9.78 Å². The Morgan fingerprint density at radius 3 is 2.50 bits per heavy atom. The lowest BCUT2D eigenvalue weighted by Gasteiger charge is -2.21. The fraction of sp³-hybridized carbons (Fsp3) is 0.226. The first-order valence-electron chi connectivity index (χ1n) is 13.2. The van der Waals surface area contributed by atoms with E-state index in [1.807, 2.05) is 54.6 Å². The van der Waals surface area contributed by atoms with Gasteiger partial charge in [0.05, 0.1) is 10.2 Å². The molecule has 3 aromatic carbocycles. The highest BCUT2D eigenvalue weighted by molar-refractivity contribution is 7.21. The van der Waals surface area contributed by atoms with Crippen molar-refractivity contribution >= 4 is 50.1 Å². The van der Waals surface area contributed by atoms with Crippen LogP contribution in [0, 0.1) is 0 Å². The Balaban J connectivity index is 1.73. The van der Waals surface area contributed by atoms with E-state index < -0.39 is 11.6 Å². The lowest BCUT2D eigenvalue weighted by atomic mass is 9.92. The van der Waals surface area contributed by atoms with E-state index in [1.54, 1.807) is 12.1 Å². The fourth-order valence-electron chi connectivity index (χ4n) is 4.86. The van der Waals surface area contributed by atoms with Crippen LogP contribution < -0.4 is 15.8 Å². The lowest BCUT2D eigenvalue weighted by molar-refractivity contribution is -0.137. The summed E-state index contributed by atoms with van der Waals surface area (Å²) in [4.78, 5) is 44.9. The second-order valence-corrected chi connectivity index (χ2v) is 10.3. The van der Waals surface area contributed by atoms with E-state index in [0.29, 0.717) is 44.7 Å². The van der Waals surface area contributed by atoms with E-state index in [0.717, 1.165) is 29.0 Å². The molecule has 0 fully saturated rings. The predicted octanol–water partition coefficient (Wildman–Crippen LogP) is 6.18. The summed E-state index contributed by atoms with van der Waals surface area (Å²) in [6, 6.07) is 20.6. The quantitative estimate of drug-likeness (QED) is 0.156. The van der Waals surface area contributed by atoms with Crippen molar-refractivity contribution in [2.75, 3.05) is 24.5 Å². The highest BCUT2D eigenvalue weighted by Gasteiger charge is 2.25. The number of hydrogen-bond acceptors (Lipinski definition) is 7. The number of anilines is 1. The molecule has 0 aliphatic rings. The second-order valence-electron chi connectivity index (χ2n) is 9.28. The van der Waals surface area contributed by atoms with Crippen LogP contribution in [0.15, 0.2) is 75.9 Å². The molecule has 5 rings (SSSR count). The van der Waals surface area contributed by atoms with Gasteiger partial charge in [-0.05, 0) is 56.2 Å². The SMILES string of the molecule is CCN(CC)c1ccc2c(-c3ccccc3C(=O)NCCCC(=O)O)c(-c3nc4ccccc4s3)c(=O)oc2c1. The van der Waals surface area contributed by atoms with Crippen molar-refractivity contribution in [2.45, 2.75) is 26.7 Å². The van der Waals surface area contributed by atoms with Gasteiger partial charge in [-0.3, -0.25) is 9.59 Å². The maximum absolute atomic E-state index is 13.7. The molecule has 2 N–H and O–H groups in total. The molecule has 0 saturated heterocycles. The van der Waals surface area contributed by atoms with Crippen molar-refractivity contribution in [3.8, 4) is 21.7 Å². The average Bonchev–Trinajstić information content (AvgIpc) is 3.39. The molecule has 0 bridgehead atoms. The minimum Gasteiger partial charge on any atom is -0.481 e. The number of carbonyl (C=O) groups excluding carboxylic acids is 1. The molecule has 2 heterocycles. The van der Waals surface area contributed by atoms with Crippen LogP contribution in [0.5, 0.6) is 0 Å². The summed E-state index contributed by atoms with van der Waals surface area (Å²) >= 11 is 1.40. The molecular weight excluding hydrogens is 526 g/mol. The third kappa shape index (κ3) is 5.33. The molecule has 1 amide bonds. The molecule has 8 nitrogen and oxygen atoms in total. The number of para-hydroxylation sites is 1. The Bertz CT molecular complexity index is 1740. The molecule has 0 aliphatic carbocycles. The van der Waals surface area contributed by atoms with E-state index in [1.165, 1.54) is 11.3 Å². The van der Waals surface area contributed by atoms with Gasteiger partial charge in [0.2, 0.25) is 0 Å². The first kappa shape index (κ1) is 27.1. The fourth-order valence-corrected chi connectivity index (χ4v) is 5.87. The largest absolute Gasteiger partial charge is 0.481 e.